The Kier molecular flexibility index (Phi) is 3.83. The van der Waals surface area contributed by atoms with E-state index in [0.29, 0.717) is 23.1 Å². The van der Waals surface area contributed by atoms with Crippen LogP contribution in [0.2, 0.25) is 0 Å². The van der Waals surface area contributed by atoms with Crippen LogP contribution in [-0.4, -0.2) is 26.6 Å². The fourth-order valence-electron chi connectivity index (χ4n) is 1.95. The summed E-state index contributed by atoms with van der Waals surface area (Å²) in [6, 6.07) is 3.06. The second kappa shape index (κ2) is 5.40. The van der Waals surface area contributed by atoms with Crippen molar-refractivity contribution < 1.29 is 14.3 Å². The molecule has 2 aromatic rings. The van der Waals surface area contributed by atoms with Gasteiger partial charge in [0.25, 0.3) is 0 Å². The zero-order valence-electron chi connectivity index (χ0n) is 11.4. The van der Waals surface area contributed by atoms with Crippen LogP contribution in [0.25, 0.3) is 11.0 Å². The third-order valence-corrected chi connectivity index (χ3v) is 2.98. The molecule has 0 saturated carbocycles. The maximum absolute atomic E-state index is 13.1. The van der Waals surface area contributed by atoms with Gasteiger partial charge >= 0.3 is 5.97 Å². The lowest BCUT2D eigenvalue weighted by molar-refractivity contribution is -0.137. The highest BCUT2D eigenvalue weighted by Gasteiger charge is 2.20. The van der Waals surface area contributed by atoms with Crippen LogP contribution < -0.4 is 5.32 Å². The third kappa shape index (κ3) is 3.40. The van der Waals surface area contributed by atoms with Gasteiger partial charge in [-0.2, -0.15) is 0 Å². The standard InChI is InChI=1S/C14H16FN3O2/c1-14(2,5-3-12(19)20)18-10-4-6-16-11-7-9(15)8-17-13(10)11/h4,6-8H,3,5H2,1-2H3,(H,16,18)(H,19,20). The molecule has 20 heavy (non-hydrogen) atoms. The molecule has 2 rings (SSSR count). The van der Waals surface area contributed by atoms with Crippen LogP contribution in [-0.2, 0) is 4.79 Å². The summed E-state index contributed by atoms with van der Waals surface area (Å²) in [4.78, 5) is 18.8. The van der Waals surface area contributed by atoms with Crippen molar-refractivity contribution in [1.82, 2.24) is 9.97 Å². The predicted octanol–water partition coefficient (Wildman–Crippen LogP) is 2.82. The first kappa shape index (κ1) is 14.2. The van der Waals surface area contributed by atoms with Crippen molar-refractivity contribution in [2.45, 2.75) is 32.2 Å². The number of nitrogens with zero attached hydrogens (tertiary/aromatic N) is 2. The normalized spacial score (nSPS) is 11.6. The molecule has 0 unspecified atom stereocenters. The van der Waals surface area contributed by atoms with E-state index in [2.05, 4.69) is 15.3 Å². The van der Waals surface area contributed by atoms with Gasteiger partial charge in [0.05, 0.1) is 17.4 Å². The van der Waals surface area contributed by atoms with Crippen molar-refractivity contribution in [3.8, 4) is 0 Å². The maximum atomic E-state index is 13.1. The lowest BCUT2D eigenvalue weighted by atomic mass is 9.98. The van der Waals surface area contributed by atoms with Crippen LogP contribution in [0.3, 0.4) is 0 Å². The highest BCUT2D eigenvalue weighted by molar-refractivity contribution is 5.87. The van der Waals surface area contributed by atoms with E-state index in [4.69, 9.17) is 5.11 Å². The van der Waals surface area contributed by atoms with Gasteiger partial charge in [-0.15, -0.1) is 0 Å². The summed E-state index contributed by atoms with van der Waals surface area (Å²) in [5.41, 5.74) is 1.33. The van der Waals surface area contributed by atoms with Crippen molar-refractivity contribution >= 4 is 22.7 Å². The average Bonchev–Trinajstić information content (AvgIpc) is 2.36. The molecule has 2 aromatic heterocycles. The number of carboxylic acid groups (broad SMARTS) is 1. The Balaban J connectivity index is 2.27. The van der Waals surface area contributed by atoms with Gasteiger partial charge < -0.3 is 10.4 Å². The molecule has 0 aliphatic carbocycles. The summed E-state index contributed by atoms with van der Waals surface area (Å²) in [6.07, 6.45) is 3.25. The van der Waals surface area contributed by atoms with E-state index in [0.717, 1.165) is 6.20 Å². The fraction of sp³-hybridized carbons (Fsp3) is 0.357. The van der Waals surface area contributed by atoms with Crippen LogP contribution in [0.5, 0.6) is 0 Å². The molecule has 0 radical (unpaired) electrons. The minimum atomic E-state index is -0.834. The third-order valence-electron chi connectivity index (χ3n) is 2.98. The zero-order valence-corrected chi connectivity index (χ0v) is 11.4. The molecule has 5 nitrogen and oxygen atoms in total. The average molecular weight is 277 g/mol. The minimum Gasteiger partial charge on any atom is -0.481 e. The lowest BCUT2D eigenvalue weighted by Crippen LogP contribution is -2.31. The molecule has 0 aliphatic rings. The highest BCUT2D eigenvalue weighted by Crippen LogP contribution is 2.25. The topological polar surface area (TPSA) is 75.1 Å². The molecule has 6 heteroatoms. The van der Waals surface area contributed by atoms with E-state index < -0.39 is 17.3 Å². The van der Waals surface area contributed by atoms with Crippen molar-refractivity contribution in [2.75, 3.05) is 5.32 Å². The zero-order chi connectivity index (χ0) is 14.8. The largest absolute Gasteiger partial charge is 0.481 e. The summed E-state index contributed by atoms with van der Waals surface area (Å²) in [5.74, 6) is -1.27. The SMILES string of the molecule is CC(C)(CCC(=O)O)Nc1ccnc2cc(F)cnc12. The summed E-state index contributed by atoms with van der Waals surface area (Å²) in [5, 5.41) is 12.0. The van der Waals surface area contributed by atoms with Gasteiger partial charge in [-0.25, -0.2) is 9.37 Å². The highest BCUT2D eigenvalue weighted by atomic mass is 19.1. The molecule has 2 N–H and O–H groups in total. The fourth-order valence-corrected chi connectivity index (χ4v) is 1.95. The maximum Gasteiger partial charge on any atom is 0.303 e. The Morgan fingerprint density at radius 3 is 2.90 bits per heavy atom. The second-order valence-electron chi connectivity index (χ2n) is 5.28. The van der Waals surface area contributed by atoms with Crippen molar-refractivity contribution in [1.29, 1.82) is 0 Å². The van der Waals surface area contributed by atoms with Crippen LogP contribution in [0.15, 0.2) is 24.5 Å². The number of fused-ring (bicyclic) bond motifs is 1. The minimum absolute atomic E-state index is 0.0745. The molecule has 0 fully saturated rings. The number of hydrogen-bond acceptors (Lipinski definition) is 4. The Morgan fingerprint density at radius 2 is 2.20 bits per heavy atom. The van der Waals surface area contributed by atoms with Crippen molar-refractivity contribution in [3.63, 3.8) is 0 Å². The van der Waals surface area contributed by atoms with Crippen molar-refractivity contribution in [3.05, 3.63) is 30.3 Å². The summed E-state index contributed by atoms with van der Waals surface area (Å²) in [6.45, 7) is 3.82. The first-order valence-corrected chi connectivity index (χ1v) is 6.28. The number of aliphatic carboxylic acids is 1. The van der Waals surface area contributed by atoms with Crippen LogP contribution in [0.1, 0.15) is 26.7 Å². The van der Waals surface area contributed by atoms with E-state index in [-0.39, 0.29) is 6.42 Å². The molecule has 0 saturated heterocycles. The number of carbonyl (C=O) groups is 1. The summed E-state index contributed by atoms with van der Waals surface area (Å²) in [7, 11) is 0. The van der Waals surface area contributed by atoms with E-state index >= 15 is 0 Å². The summed E-state index contributed by atoms with van der Waals surface area (Å²) >= 11 is 0. The number of pyridine rings is 2. The van der Waals surface area contributed by atoms with Crippen LogP contribution >= 0.6 is 0 Å². The van der Waals surface area contributed by atoms with Crippen LogP contribution in [0, 0.1) is 5.82 Å². The Morgan fingerprint density at radius 1 is 1.45 bits per heavy atom. The van der Waals surface area contributed by atoms with Crippen LogP contribution in [0.4, 0.5) is 10.1 Å². The van der Waals surface area contributed by atoms with E-state index in [1.54, 1.807) is 12.3 Å². The first-order chi connectivity index (χ1) is 9.37. The van der Waals surface area contributed by atoms with Gasteiger partial charge in [0.1, 0.15) is 11.3 Å². The number of anilines is 1. The smallest absolute Gasteiger partial charge is 0.303 e. The Hall–Kier alpha value is -2.24. The van der Waals surface area contributed by atoms with Gasteiger partial charge in [0.15, 0.2) is 0 Å². The molecule has 0 aromatic carbocycles. The molecule has 0 bridgehead atoms. The lowest BCUT2D eigenvalue weighted by Gasteiger charge is -2.27. The molecule has 0 amide bonds. The Bertz CT molecular complexity index is 643. The summed E-state index contributed by atoms with van der Waals surface area (Å²) < 4.78 is 13.1. The molecule has 0 spiro atoms. The molecule has 2 heterocycles. The molecule has 106 valence electrons. The molecule has 0 atom stereocenters. The van der Waals surface area contributed by atoms with Gasteiger partial charge in [-0.1, -0.05) is 0 Å². The first-order valence-electron chi connectivity index (χ1n) is 6.28. The number of aromatic nitrogens is 2. The van der Waals surface area contributed by atoms with Gasteiger partial charge in [-0.05, 0) is 26.3 Å². The van der Waals surface area contributed by atoms with E-state index in [1.165, 1.54) is 6.07 Å². The molecular formula is C14H16FN3O2. The van der Waals surface area contributed by atoms with Gasteiger partial charge in [0, 0.05) is 24.2 Å². The quantitative estimate of drug-likeness (QED) is 0.879. The van der Waals surface area contributed by atoms with E-state index in [9.17, 15) is 9.18 Å². The number of halogens is 1. The number of rotatable bonds is 5. The van der Waals surface area contributed by atoms with Crippen molar-refractivity contribution in [2.24, 2.45) is 0 Å². The van der Waals surface area contributed by atoms with Gasteiger partial charge in [0.2, 0.25) is 0 Å². The number of carboxylic acids is 1. The molecule has 0 aliphatic heterocycles. The van der Waals surface area contributed by atoms with Gasteiger partial charge in [-0.3, -0.25) is 9.78 Å². The second-order valence-corrected chi connectivity index (χ2v) is 5.28. The predicted molar refractivity (Wildman–Crippen MR) is 74.1 cm³/mol. The van der Waals surface area contributed by atoms with E-state index in [1.807, 2.05) is 13.8 Å². The monoisotopic (exact) mass is 277 g/mol. The Labute approximate surface area is 115 Å². The molecular weight excluding hydrogens is 261 g/mol. The number of hydrogen-bond donors (Lipinski definition) is 2. The number of nitrogens with one attached hydrogen (secondary N) is 1.